The van der Waals surface area contributed by atoms with Crippen molar-refractivity contribution in [1.29, 1.82) is 0 Å². The van der Waals surface area contributed by atoms with Gasteiger partial charge in [0, 0.05) is 12.2 Å². The van der Waals surface area contributed by atoms with Crippen molar-refractivity contribution in [2.45, 2.75) is 130 Å². The number of aliphatic hydroxyl groups is 1. The average molecular weight is 533 g/mol. The zero-order chi connectivity index (χ0) is 27.4. The lowest BCUT2D eigenvalue weighted by atomic mass is 9.41. The quantitative estimate of drug-likeness (QED) is 0.216. The fourth-order valence-electron chi connectivity index (χ4n) is 9.53. The first kappa shape index (κ1) is 29.3. The van der Waals surface area contributed by atoms with Crippen molar-refractivity contribution in [2.24, 2.45) is 46.3 Å². The first-order valence-corrected chi connectivity index (χ1v) is 18.2. The maximum absolute atomic E-state index is 12.1. The van der Waals surface area contributed by atoms with Crippen LogP contribution in [-0.4, -0.2) is 38.7 Å². The minimum absolute atomic E-state index is 0.200. The van der Waals surface area contributed by atoms with Crippen molar-refractivity contribution >= 4 is 14.3 Å². The molecule has 0 aliphatic heterocycles. The van der Waals surface area contributed by atoms with Gasteiger partial charge in [-0.3, -0.25) is 0 Å². The summed E-state index contributed by atoms with van der Waals surface area (Å²) >= 11 is 0. The van der Waals surface area contributed by atoms with Crippen LogP contribution in [0.1, 0.15) is 99.3 Å². The smallest absolute Gasteiger partial charge is 0.330 e. The standard InChI is InChI=1S/C32H56O4Si/c1-10-23-26-20-22(36-37(8,9)30(2,3)4)16-18-32(26,6)25-17-19-31(5)21(12-11-13-27(33)35-7)14-15-24(31)28(25)29(23)34/h11,13,21-26,28-29,34H,10,12,14-20H2,1-9H3/b13-11+/t21-,22?,23+,24-,25-,26-,28-,29+,31+,32+/m0/s1. The Kier molecular flexibility index (Phi) is 8.24. The monoisotopic (exact) mass is 532 g/mol. The summed E-state index contributed by atoms with van der Waals surface area (Å²) < 4.78 is 11.8. The predicted octanol–water partition coefficient (Wildman–Crippen LogP) is 7.76. The summed E-state index contributed by atoms with van der Waals surface area (Å²) in [5.74, 6) is 2.88. The van der Waals surface area contributed by atoms with Crippen molar-refractivity contribution in [1.82, 2.24) is 0 Å². The van der Waals surface area contributed by atoms with E-state index in [9.17, 15) is 9.90 Å². The van der Waals surface area contributed by atoms with Gasteiger partial charge in [-0.2, -0.15) is 0 Å². The van der Waals surface area contributed by atoms with Crippen LogP contribution < -0.4 is 0 Å². The van der Waals surface area contributed by atoms with Crippen LogP contribution in [0, 0.1) is 46.3 Å². The topological polar surface area (TPSA) is 55.8 Å². The molecule has 37 heavy (non-hydrogen) atoms. The molecule has 0 spiro atoms. The molecule has 1 unspecified atom stereocenters. The van der Waals surface area contributed by atoms with E-state index in [4.69, 9.17) is 9.16 Å². The van der Waals surface area contributed by atoms with Crippen LogP contribution in [0.5, 0.6) is 0 Å². The van der Waals surface area contributed by atoms with E-state index in [2.05, 4.69) is 54.6 Å². The lowest BCUT2D eigenvalue weighted by Crippen LogP contribution is -2.62. The summed E-state index contributed by atoms with van der Waals surface area (Å²) in [6, 6.07) is 0. The van der Waals surface area contributed by atoms with Gasteiger partial charge >= 0.3 is 5.97 Å². The number of methoxy groups -OCH3 is 1. The molecule has 0 saturated heterocycles. The van der Waals surface area contributed by atoms with E-state index >= 15 is 0 Å². The van der Waals surface area contributed by atoms with Gasteiger partial charge in [-0.25, -0.2) is 4.79 Å². The number of ether oxygens (including phenoxy) is 1. The van der Waals surface area contributed by atoms with Gasteiger partial charge in [0.25, 0.3) is 0 Å². The highest BCUT2D eigenvalue weighted by Gasteiger charge is 2.64. The van der Waals surface area contributed by atoms with Gasteiger partial charge in [-0.15, -0.1) is 0 Å². The highest BCUT2D eigenvalue weighted by molar-refractivity contribution is 6.74. The SMILES string of the molecule is CC[C@H]1[C@@H](O)[C@@H]2[C@H](CC[C@]3(C)[C@@H](C/C=C/C(=O)OC)CC[C@@H]23)[C@@]2(C)CCC(O[Si](C)(C)C(C)(C)C)C[C@@H]12. The largest absolute Gasteiger partial charge is 0.466 e. The van der Waals surface area contributed by atoms with Crippen molar-refractivity contribution in [2.75, 3.05) is 7.11 Å². The minimum Gasteiger partial charge on any atom is -0.466 e. The molecule has 0 bridgehead atoms. The van der Waals surface area contributed by atoms with Gasteiger partial charge in [-0.1, -0.05) is 54.0 Å². The van der Waals surface area contributed by atoms with Gasteiger partial charge in [0.15, 0.2) is 8.32 Å². The lowest BCUT2D eigenvalue weighted by Gasteiger charge is -2.65. The molecule has 4 fully saturated rings. The molecule has 4 aliphatic carbocycles. The molecule has 4 nitrogen and oxygen atoms in total. The van der Waals surface area contributed by atoms with Crippen molar-refractivity contribution in [3.8, 4) is 0 Å². The van der Waals surface area contributed by atoms with Crippen LogP contribution >= 0.6 is 0 Å². The summed E-state index contributed by atoms with van der Waals surface area (Å²) in [4.78, 5) is 11.6. The molecular weight excluding hydrogens is 476 g/mol. The highest BCUT2D eigenvalue weighted by Crippen LogP contribution is 2.69. The molecular formula is C32H56O4Si. The predicted molar refractivity (Wildman–Crippen MR) is 154 cm³/mol. The molecule has 0 amide bonds. The van der Waals surface area contributed by atoms with E-state index in [0.717, 1.165) is 19.3 Å². The lowest BCUT2D eigenvalue weighted by molar-refractivity contribution is -0.201. The van der Waals surface area contributed by atoms with Gasteiger partial charge in [-0.05, 0) is 116 Å². The maximum atomic E-state index is 12.1. The number of carbonyl (C=O) groups excluding carboxylic acids is 1. The van der Waals surface area contributed by atoms with Crippen LogP contribution in [0.2, 0.25) is 18.1 Å². The second kappa shape index (κ2) is 10.4. The molecule has 4 saturated carbocycles. The third kappa shape index (κ3) is 5.04. The third-order valence-corrected chi connectivity index (χ3v) is 17.2. The van der Waals surface area contributed by atoms with E-state index in [0.29, 0.717) is 47.0 Å². The molecule has 0 aromatic carbocycles. The number of hydrogen-bond donors (Lipinski definition) is 1. The molecule has 0 radical (unpaired) electrons. The van der Waals surface area contributed by atoms with Gasteiger partial charge in [0.2, 0.25) is 0 Å². The number of allylic oxidation sites excluding steroid dienone is 1. The minimum atomic E-state index is -1.81. The Bertz CT molecular complexity index is 861. The Morgan fingerprint density at radius 2 is 1.68 bits per heavy atom. The third-order valence-electron chi connectivity index (χ3n) is 12.7. The van der Waals surface area contributed by atoms with Crippen LogP contribution in [0.3, 0.4) is 0 Å². The first-order valence-electron chi connectivity index (χ1n) is 15.3. The Labute approximate surface area is 228 Å². The van der Waals surface area contributed by atoms with Crippen molar-refractivity contribution < 1.29 is 19.1 Å². The molecule has 0 aromatic rings. The Balaban J connectivity index is 1.55. The summed E-state index contributed by atoms with van der Waals surface area (Å²) in [5.41, 5.74) is 0.564. The Morgan fingerprint density at radius 1 is 1.03 bits per heavy atom. The number of aliphatic hydroxyl groups excluding tert-OH is 1. The van der Waals surface area contributed by atoms with E-state index in [1.165, 1.54) is 45.6 Å². The number of fused-ring (bicyclic) bond motifs is 5. The molecule has 4 rings (SSSR count). The molecule has 5 heteroatoms. The maximum Gasteiger partial charge on any atom is 0.330 e. The highest BCUT2D eigenvalue weighted by atomic mass is 28.4. The summed E-state index contributed by atoms with van der Waals surface area (Å²) in [5, 5.41) is 12.3. The Morgan fingerprint density at radius 3 is 2.30 bits per heavy atom. The molecule has 0 heterocycles. The summed E-state index contributed by atoms with van der Waals surface area (Å²) in [6.45, 7) is 19.2. The second-order valence-electron chi connectivity index (χ2n) is 15.2. The van der Waals surface area contributed by atoms with Gasteiger partial charge < -0.3 is 14.3 Å². The van der Waals surface area contributed by atoms with Crippen LogP contribution in [-0.2, 0) is 14.0 Å². The van der Waals surface area contributed by atoms with Crippen LogP contribution in [0.15, 0.2) is 12.2 Å². The van der Waals surface area contributed by atoms with E-state index in [1.807, 2.05) is 6.08 Å². The van der Waals surface area contributed by atoms with E-state index in [1.54, 1.807) is 6.08 Å². The average Bonchev–Trinajstić information content (AvgIpc) is 3.15. The van der Waals surface area contributed by atoms with Crippen molar-refractivity contribution in [3.63, 3.8) is 0 Å². The first-order chi connectivity index (χ1) is 17.2. The summed E-state index contributed by atoms with van der Waals surface area (Å²) in [6.07, 6.45) is 14.3. The zero-order valence-electron chi connectivity index (χ0n) is 25.3. The molecule has 10 atom stereocenters. The van der Waals surface area contributed by atoms with Gasteiger partial charge in [0.1, 0.15) is 0 Å². The number of rotatable bonds is 6. The fraction of sp³-hybridized carbons (Fsp3) is 0.906. The Hall–Kier alpha value is -0.653. The number of esters is 1. The molecule has 0 aromatic heterocycles. The zero-order valence-corrected chi connectivity index (χ0v) is 26.3. The molecule has 4 aliphatic rings. The summed E-state index contributed by atoms with van der Waals surface area (Å²) in [7, 11) is -0.369. The van der Waals surface area contributed by atoms with Gasteiger partial charge in [0.05, 0.1) is 13.2 Å². The van der Waals surface area contributed by atoms with E-state index < -0.39 is 8.32 Å². The number of carbonyl (C=O) groups is 1. The molecule has 1 N–H and O–H groups in total. The number of hydrogen-bond acceptors (Lipinski definition) is 4. The van der Waals surface area contributed by atoms with Crippen LogP contribution in [0.4, 0.5) is 0 Å². The van der Waals surface area contributed by atoms with E-state index in [-0.39, 0.29) is 22.5 Å². The molecule has 212 valence electrons. The second-order valence-corrected chi connectivity index (χ2v) is 20.0. The van der Waals surface area contributed by atoms with Crippen molar-refractivity contribution in [3.05, 3.63) is 12.2 Å². The fourth-order valence-corrected chi connectivity index (χ4v) is 10.9. The normalized spacial score (nSPS) is 44.3. The van der Waals surface area contributed by atoms with Crippen LogP contribution in [0.25, 0.3) is 0 Å².